The van der Waals surface area contributed by atoms with Crippen LogP contribution in [-0.4, -0.2) is 21.2 Å². The standard InChI is InChI=1S/C13H13N5/c1-3-9-7-18-8-11-10(4-2-5-14-11)16-13(18)17-12(9)15-6-1/h1-6,13,16H,7-8H2,(H,15,17). The van der Waals surface area contributed by atoms with E-state index in [1.165, 1.54) is 5.56 Å². The molecule has 4 heterocycles. The maximum Gasteiger partial charge on any atom is 0.157 e. The summed E-state index contributed by atoms with van der Waals surface area (Å²) in [6, 6.07) is 8.11. The highest BCUT2D eigenvalue weighted by atomic mass is 15.4. The summed E-state index contributed by atoms with van der Waals surface area (Å²) in [6.07, 6.45) is 3.76. The zero-order valence-electron chi connectivity index (χ0n) is 9.80. The highest BCUT2D eigenvalue weighted by molar-refractivity contribution is 5.55. The van der Waals surface area contributed by atoms with Crippen LogP contribution in [-0.2, 0) is 13.1 Å². The number of hydrogen-bond donors (Lipinski definition) is 2. The Bertz CT molecular complexity index is 494. The van der Waals surface area contributed by atoms with Crippen LogP contribution in [0.1, 0.15) is 11.3 Å². The molecule has 0 radical (unpaired) electrons. The molecule has 5 heteroatoms. The summed E-state index contributed by atoms with van der Waals surface area (Å²) in [5.74, 6) is 0.971. The van der Waals surface area contributed by atoms with Gasteiger partial charge in [0.25, 0.3) is 0 Å². The van der Waals surface area contributed by atoms with Crippen LogP contribution in [0.15, 0.2) is 36.7 Å². The molecule has 1 atom stereocenters. The molecule has 2 aliphatic heterocycles. The van der Waals surface area contributed by atoms with Gasteiger partial charge in [0.2, 0.25) is 0 Å². The van der Waals surface area contributed by atoms with Gasteiger partial charge in [-0.1, -0.05) is 6.07 Å². The first-order valence-electron chi connectivity index (χ1n) is 6.05. The summed E-state index contributed by atoms with van der Waals surface area (Å²) in [5, 5.41) is 6.87. The molecule has 4 rings (SSSR count). The maximum atomic E-state index is 4.42. The second-order valence-corrected chi connectivity index (χ2v) is 4.60. The average molecular weight is 239 g/mol. The molecule has 0 saturated carbocycles. The molecule has 18 heavy (non-hydrogen) atoms. The summed E-state index contributed by atoms with van der Waals surface area (Å²) in [7, 11) is 0. The van der Waals surface area contributed by atoms with Gasteiger partial charge < -0.3 is 10.6 Å². The molecule has 0 aromatic carbocycles. The van der Waals surface area contributed by atoms with Crippen molar-refractivity contribution >= 4 is 11.5 Å². The van der Waals surface area contributed by atoms with E-state index in [-0.39, 0.29) is 6.29 Å². The number of nitrogens with one attached hydrogen (secondary N) is 2. The van der Waals surface area contributed by atoms with Crippen LogP contribution >= 0.6 is 0 Å². The van der Waals surface area contributed by atoms with Crippen molar-refractivity contribution in [3.8, 4) is 0 Å². The molecular weight excluding hydrogens is 226 g/mol. The first kappa shape index (κ1) is 9.85. The lowest BCUT2D eigenvalue weighted by Gasteiger charge is -2.41. The number of nitrogens with zero attached hydrogens (tertiary/aromatic N) is 3. The molecular formula is C13H13N5. The van der Waals surface area contributed by atoms with Crippen molar-refractivity contribution in [3.63, 3.8) is 0 Å². The van der Waals surface area contributed by atoms with Crippen LogP contribution in [0.2, 0.25) is 0 Å². The van der Waals surface area contributed by atoms with E-state index in [1.807, 2.05) is 24.5 Å². The summed E-state index contributed by atoms with van der Waals surface area (Å²) in [6.45, 7) is 1.75. The van der Waals surface area contributed by atoms with Gasteiger partial charge in [0.15, 0.2) is 6.29 Å². The van der Waals surface area contributed by atoms with E-state index in [2.05, 4.69) is 37.6 Å². The molecule has 0 bridgehead atoms. The number of rotatable bonds is 0. The van der Waals surface area contributed by atoms with Crippen molar-refractivity contribution in [2.45, 2.75) is 19.4 Å². The molecule has 0 aliphatic carbocycles. The molecule has 0 amide bonds. The zero-order valence-corrected chi connectivity index (χ0v) is 9.80. The van der Waals surface area contributed by atoms with Crippen LogP contribution in [0.25, 0.3) is 0 Å². The topological polar surface area (TPSA) is 53.1 Å². The predicted octanol–water partition coefficient (Wildman–Crippen LogP) is 1.61. The fourth-order valence-corrected chi connectivity index (χ4v) is 2.54. The minimum atomic E-state index is 0.101. The average Bonchev–Trinajstić information content (AvgIpc) is 2.42. The minimum absolute atomic E-state index is 0.101. The summed E-state index contributed by atoms with van der Waals surface area (Å²) in [5.41, 5.74) is 3.43. The molecule has 2 aliphatic rings. The Labute approximate surface area is 105 Å². The Kier molecular flexibility index (Phi) is 2.01. The van der Waals surface area contributed by atoms with E-state index in [9.17, 15) is 0 Å². The highest BCUT2D eigenvalue weighted by Gasteiger charge is 2.30. The summed E-state index contributed by atoms with van der Waals surface area (Å²) >= 11 is 0. The van der Waals surface area contributed by atoms with E-state index in [0.717, 1.165) is 30.3 Å². The molecule has 0 saturated heterocycles. The van der Waals surface area contributed by atoms with Crippen molar-refractivity contribution < 1.29 is 0 Å². The van der Waals surface area contributed by atoms with Gasteiger partial charge in [-0.15, -0.1) is 0 Å². The van der Waals surface area contributed by atoms with Crippen LogP contribution in [0, 0.1) is 0 Å². The van der Waals surface area contributed by atoms with Crippen LogP contribution in [0.4, 0.5) is 11.5 Å². The van der Waals surface area contributed by atoms with E-state index in [4.69, 9.17) is 0 Å². The van der Waals surface area contributed by atoms with Gasteiger partial charge >= 0.3 is 0 Å². The highest BCUT2D eigenvalue weighted by Crippen LogP contribution is 2.29. The van der Waals surface area contributed by atoms with Gasteiger partial charge in [0.05, 0.1) is 11.4 Å². The number of pyridine rings is 2. The summed E-state index contributed by atoms with van der Waals surface area (Å²) < 4.78 is 0. The third kappa shape index (κ3) is 1.44. The van der Waals surface area contributed by atoms with E-state index >= 15 is 0 Å². The van der Waals surface area contributed by atoms with Crippen molar-refractivity contribution in [1.82, 2.24) is 14.9 Å². The van der Waals surface area contributed by atoms with Gasteiger partial charge in [0, 0.05) is 31.0 Å². The fraction of sp³-hybridized carbons (Fsp3) is 0.231. The van der Waals surface area contributed by atoms with Gasteiger partial charge in [-0.05, 0) is 18.2 Å². The van der Waals surface area contributed by atoms with Crippen molar-refractivity contribution in [1.29, 1.82) is 0 Å². The Morgan fingerprint density at radius 3 is 2.94 bits per heavy atom. The molecule has 1 unspecified atom stereocenters. The number of aromatic nitrogens is 2. The van der Waals surface area contributed by atoms with Crippen molar-refractivity contribution in [2.75, 3.05) is 10.6 Å². The van der Waals surface area contributed by atoms with Crippen LogP contribution in [0.3, 0.4) is 0 Å². The molecule has 5 nitrogen and oxygen atoms in total. The normalized spacial score (nSPS) is 21.0. The Hall–Kier alpha value is -2.14. The minimum Gasteiger partial charge on any atom is -0.351 e. The van der Waals surface area contributed by atoms with Gasteiger partial charge in [-0.3, -0.25) is 9.88 Å². The Morgan fingerprint density at radius 1 is 1.06 bits per heavy atom. The molecule has 0 spiro atoms. The van der Waals surface area contributed by atoms with E-state index in [1.54, 1.807) is 0 Å². The monoisotopic (exact) mass is 239 g/mol. The molecule has 2 N–H and O–H groups in total. The zero-order chi connectivity index (χ0) is 11.9. The number of hydrogen-bond acceptors (Lipinski definition) is 5. The van der Waals surface area contributed by atoms with Gasteiger partial charge in [-0.25, -0.2) is 4.98 Å². The van der Waals surface area contributed by atoms with Gasteiger partial charge in [0.1, 0.15) is 5.82 Å². The van der Waals surface area contributed by atoms with Crippen LogP contribution < -0.4 is 10.6 Å². The maximum absolute atomic E-state index is 4.42. The third-order valence-electron chi connectivity index (χ3n) is 3.44. The lowest BCUT2D eigenvalue weighted by Crippen LogP contribution is -2.51. The second kappa shape index (κ2) is 3.68. The van der Waals surface area contributed by atoms with Crippen molar-refractivity contribution in [2.24, 2.45) is 0 Å². The molecule has 0 fully saturated rings. The molecule has 2 aromatic heterocycles. The van der Waals surface area contributed by atoms with Gasteiger partial charge in [-0.2, -0.15) is 0 Å². The first-order chi connectivity index (χ1) is 8.90. The number of anilines is 2. The van der Waals surface area contributed by atoms with E-state index in [0.29, 0.717) is 0 Å². The largest absolute Gasteiger partial charge is 0.351 e. The third-order valence-corrected chi connectivity index (χ3v) is 3.44. The predicted molar refractivity (Wildman–Crippen MR) is 68.8 cm³/mol. The number of fused-ring (bicyclic) bond motifs is 3. The molecule has 90 valence electrons. The lowest BCUT2D eigenvalue weighted by molar-refractivity contribution is 0.194. The van der Waals surface area contributed by atoms with E-state index < -0.39 is 0 Å². The Morgan fingerprint density at radius 2 is 1.94 bits per heavy atom. The summed E-state index contributed by atoms with van der Waals surface area (Å²) in [4.78, 5) is 11.1. The SMILES string of the molecule is c1cnc2c(c1)CN1Cc3ncccc3NC1N2. The lowest BCUT2D eigenvalue weighted by atomic mass is 10.1. The smallest absolute Gasteiger partial charge is 0.157 e. The Balaban J connectivity index is 1.70. The second-order valence-electron chi connectivity index (χ2n) is 4.60. The fourth-order valence-electron chi connectivity index (χ4n) is 2.54. The van der Waals surface area contributed by atoms with Crippen LogP contribution in [0.5, 0.6) is 0 Å². The molecule has 2 aromatic rings. The quantitative estimate of drug-likeness (QED) is 0.731. The van der Waals surface area contributed by atoms with Crippen molar-refractivity contribution in [3.05, 3.63) is 47.9 Å². The first-order valence-corrected chi connectivity index (χ1v) is 6.05.